The topological polar surface area (TPSA) is 107 Å². The van der Waals surface area contributed by atoms with Crippen molar-refractivity contribution in [2.45, 2.75) is 40.2 Å². The van der Waals surface area contributed by atoms with Gasteiger partial charge in [0, 0.05) is 0 Å². The van der Waals surface area contributed by atoms with Crippen LogP contribution in [-0.2, 0) is 9.53 Å². The zero-order valence-corrected chi connectivity index (χ0v) is 15.3. The first-order chi connectivity index (χ1) is 11.3. The Balaban J connectivity index is 2.59. The molecule has 2 aromatic rings. The first-order valence-corrected chi connectivity index (χ1v) is 8.53. The lowest BCUT2D eigenvalue weighted by Crippen LogP contribution is -2.40. The second-order valence-electron chi connectivity index (χ2n) is 5.76. The molecular weight excluding hydrogens is 328 g/mol. The number of nitrogens with zero attached hydrogens (tertiary/aromatic N) is 2. The molecule has 2 rings (SSSR count). The molecule has 0 bridgehead atoms. The number of rotatable bonds is 6. The average Bonchev–Trinajstić information content (AvgIpc) is 2.87. The van der Waals surface area contributed by atoms with Crippen LogP contribution in [0.3, 0.4) is 0 Å². The summed E-state index contributed by atoms with van der Waals surface area (Å²) >= 11 is 1.25. The smallest absolute Gasteiger partial charge is 0.348 e. The highest BCUT2D eigenvalue weighted by Gasteiger charge is 2.26. The standard InChI is InChI=1S/C16H22N4O3S/c1-6-7(2)11(13(17)21)20-14-10-8(3)12(16(22)23-5)24-15(10)19-9(4)18-14/h7,11H,6H2,1-5H3,(H2,17,21)(H,18,19,20). The summed E-state index contributed by atoms with van der Waals surface area (Å²) in [6.45, 7) is 7.53. The van der Waals surface area contributed by atoms with Crippen LogP contribution in [0.1, 0.15) is 41.3 Å². The van der Waals surface area contributed by atoms with Crippen LogP contribution in [0.2, 0.25) is 0 Å². The van der Waals surface area contributed by atoms with Crippen molar-refractivity contribution in [3.05, 3.63) is 16.3 Å². The van der Waals surface area contributed by atoms with E-state index in [0.717, 1.165) is 17.4 Å². The Bertz CT molecular complexity index is 787. The summed E-state index contributed by atoms with van der Waals surface area (Å²) in [6.07, 6.45) is 0.795. The molecule has 2 heterocycles. The van der Waals surface area contributed by atoms with Gasteiger partial charge in [-0.2, -0.15) is 0 Å². The molecule has 0 aromatic carbocycles. The van der Waals surface area contributed by atoms with Gasteiger partial charge in [0.15, 0.2) is 0 Å². The summed E-state index contributed by atoms with van der Waals surface area (Å²) in [5.41, 5.74) is 6.27. The van der Waals surface area contributed by atoms with Crippen molar-refractivity contribution in [2.24, 2.45) is 11.7 Å². The molecule has 2 unspecified atom stereocenters. The second kappa shape index (κ2) is 7.12. The van der Waals surface area contributed by atoms with Gasteiger partial charge in [-0.1, -0.05) is 20.3 Å². The van der Waals surface area contributed by atoms with Crippen LogP contribution >= 0.6 is 11.3 Å². The maximum atomic E-state index is 11.9. The maximum Gasteiger partial charge on any atom is 0.348 e. The zero-order valence-electron chi connectivity index (χ0n) is 14.5. The molecule has 0 aliphatic carbocycles. The van der Waals surface area contributed by atoms with E-state index >= 15 is 0 Å². The number of nitrogens with one attached hydrogen (secondary N) is 1. The van der Waals surface area contributed by atoms with E-state index in [1.165, 1.54) is 18.4 Å². The summed E-state index contributed by atoms with van der Waals surface area (Å²) in [7, 11) is 1.34. The number of carbonyl (C=O) groups is 2. The molecule has 0 fully saturated rings. The van der Waals surface area contributed by atoms with Crippen molar-refractivity contribution in [1.82, 2.24) is 9.97 Å². The summed E-state index contributed by atoms with van der Waals surface area (Å²) in [5.74, 6) is 0.273. The average molecular weight is 350 g/mol. The maximum absolute atomic E-state index is 11.9. The lowest BCUT2D eigenvalue weighted by molar-refractivity contribution is -0.119. The van der Waals surface area contributed by atoms with E-state index in [-0.39, 0.29) is 5.92 Å². The predicted octanol–water partition coefficient (Wildman–Crippen LogP) is 2.41. The highest BCUT2D eigenvalue weighted by molar-refractivity contribution is 7.20. The molecule has 0 aliphatic rings. The lowest BCUT2D eigenvalue weighted by atomic mass is 9.98. The Morgan fingerprint density at radius 2 is 2.00 bits per heavy atom. The minimum atomic E-state index is -0.548. The van der Waals surface area contributed by atoms with E-state index in [9.17, 15) is 9.59 Å². The van der Waals surface area contributed by atoms with Crippen LogP contribution in [0.25, 0.3) is 10.2 Å². The number of fused-ring (bicyclic) bond motifs is 1. The van der Waals surface area contributed by atoms with Gasteiger partial charge >= 0.3 is 5.97 Å². The first-order valence-electron chi connectivity index (χ1n) is 7.72. The van der Waals surface area contributed by atoms with Crippen molar-refractivity contribution < 1.29 is 14.3 Å². The molecule has 0 radical (unpaired) electrons. The highest BCUT2D eigenvalue weighted by atomic mass is 32.1. The van der Waals surface area contributed by atoms with Gasteiger partial charge in [-0.05, 0) is 25.3 Å². The normalized spacial score (nSPS) is 13.5. The minimum absolute atomic E-state index is 0.0480. The van der Waals surface area contributed by atoms with Crippen molar-refractivity contribution in [3.8, 4) is 0 Å². The number of hydrogen-bond acceptors (Lipinski definition) is 7. The van der Waals surface area contributed by atoms with Gasteiger partial charge in [0.2, 0.25) is 5.91 Å². The third-order valence-electron chi connectivity index (χ3n) is 4.08. The summed E-state index contributed by atoms with van der Waals surface area (Å²) in [5, 5.41) is 3.88. The fourth-order valence-corrected chi connectivity index (χ4v) is 3.66. The molecule has 24 heavy (non-hydrogen) atoms. The van der Waals surface area contributed by atoms with Crippen molar-refractivity contribution in [1.29, 1.82) is 0 Å². The molecule has 0 saturated heterocycles. The quantitative estimate of drug-likeness (QED) is 0.775. The molecule has 2 atom stereocenters. The van der Waals surface area contributed by atoms with E-state index in [1.807, 2.05) is 20.8 Å². The molecule has 0 spiro atoms. The Morgan fingerprint density at radius 3 is 2.54 bits per heavy atom. The van der Waals surface area contributed by atoms with Gasteiger partial charge in [0.1, 0.15) is 27.4 Å². The third kappa shape index (κ3) is 3.33. The molecule has 1 amide bonds. The number of methoxy groups -OCH3 is 1. The molecule has 130 valence electrons. The van der Waals surface area contributed by atoms with E-state index in [2.05, 4.69) is 15.3 Å². The third-order valence-corrected chi connectivity index (χ3v) is 5.25. The molecular formula is C16H22N4O3S. The van der Waals surface area contributed by atoms with E-state index in [4.69, 9.17) is 10.5 Å². The molecule has 3 N–H and O–H groups in total. The largest absolute Gasteiger partial charge is 0.465 e. The van der Waals surface area contributed by atoms with Gasteiger partial charge in [0.25, 0.3) is 0 Å². The van der Waals surface area contributed by atoms with Crippen LogP contribution in [0.15, 0.2) is 0 Å². The number of nitrogens with two attached hydrogens (primary N) is 1. The van der Waals surface area contributed by atoms with Crippen LogP contribution in [0.5, 0.6) is 0 Å². The first kappa shape index (κ1) is 18.1. The number of esters is 1. The van der Waals surface area contributed by atoms with Crippen molar-refractivity contribution in [2.75, 3.05) is 12.4 Å². The number of aromatic nitrogens is 2. The molecule has 0 aliphatic heterocycles. The number of carbonyl (C=O) groups excluding carboxylic acids is 2. The lowest BCUT2D eigenvalue weighted by Gasteiger charge is -2.22. The summed E-state index contributed by atoms with van der Waals surface area (Å²) in [6, 6.07) is -0.548. The zero-order chi connectivity index (χ0) is 18.0. The van der Waals surface area contributed by atoms with Crippen LogP contribution < -0.4 is 11.1 Å². The Kier molecular flexibility index (Phi) is 5.38. The van der Waals surface area contributed by atoms with Crippen molar-refractivity contribution >= 4 is 39.2 Å². The highest BCUT2D eigenvalue weighted by Crippen LogP contribution is 2.34. The Labute approximate surface area is 144 Å². The molecule has 8 heteroatoms. The Morgan fingerprint density at radius 1 is 1.33 bits per heavy atom. The van der Waals surface area contributed by atoms with Crippen LogP contribution in [0, 0.1) is 19.8 Å². The number of ether oxygens (including phenoxy) is 1. The number of amides is 1. The van der Waals surface area contributed by atoms with Crippen LogP contribution in [-0.4, -0.2) is 35.0 Å². The minimum Gasteiger partial charge on any atom is -0.465 e. The van der Waals surface area contributed by atoms with Crippen molar-refractivity contribution in [3.63, 3.8) is 0 Å². The van der Waals surface area contributed by atoms with Gasteiger partial charge in [-0.25, -0.2) is 14.8 Å². The van der Waals surface area contributed by atoms with E-state index < -0.39 is 17.9 Å². The summed E-state index contributed by atoms with van der Waals surface area (Å²) < 4.78 is 4.82. The van der Waals surface area contributed by atoms with Gasteiger partial charge < -0.3 is 15.8 Å². The van der Waals surface area contributed by atoms with Gasteiger partial charge in [-0.15, -0.1) is 11.3 Å². The van der Waals surface area contributed by atoms with Gasteiger partial charge in [-0.3, -0.25) is 4.79 Å². The Hall–Kier alpha value is -2.22. The fourth-order valence-electron chi connectivity index (χ4n) is 2.51. The number of anilines is 1. The second-order valence-corrected chi connectivity index (χ2v) is 6.76. The number of hydrogen-bond donors (Lipinski definition) is 2. The van der Waals surface area contributed by atoms with E-state index in [0.29, 0.717) is 21.3 Å². The van der Waals surface area contributed by atoms with E-state index in [1.54, 1.807) is 6.92 Å². The number of thiophene rings is 1. The number of aryl methyl sites for hydroxylation is 2. The SMILES string of the molecule is CCC(C)C(Nc1nc(C)nc2sc(C(=O)OC)c(C)c12)C(N)=O. The van der Waals surface area contributed by atoms with Crippen LogP contribution in [0.4, 0.5) is 5.82 Å². The fraction of sp³-hybridized carbons (Fsp3) is 0.500. The predicted molar refractivity (Wildman–Crippen MR) is 94.3 cm³/mol. The monoisotopic (exact) mass is 350 g/mol. The molecule has 2 aromatic heterocycles. The molecule has 0 saturated carbocycles. The van der Waals surface area contributed by atoms with Gasteiger partial charge in [0.05, 0.1) is 12.5 Å². The molecule has 7 nitrogen and oxygen atoms in total. The number of primary amides is 1. The summed E-state index contributed by atoms with van der Waals surface area (Å²) in [4.78, 5) is 33.7.